The third-order valence-electron chi connectivity index (χ3n) is 3.00. The number of benzene rings is 1. The van der Waals surface area contributed by atoms with Gasteiger partial charge in [-0.15, -0.1) is 12.4 Å². The Labute approximate surface area is 122 Å². The number of rotatable bonds is 7. The number of nitrogens with one attached hydrogen (secondary N) is 2. The van der Waals surface area contributed by atoms with Gasteiger partial charge in [-0.1, -0.05) is 32.4 Å². The van der Waals surface area contributed by atoms with Crippen molar-refractivity contribution in [2.45, 2.75) is 33.1 Å². The summed E-state index contributed by atoms with van der Waals surface area (Å²) in [5, 5.41) is 5.94. The van der Waals surface area contributed by atoms with Crippen LogP contribution in [-0.4, -0.2) is 19.5 Å². The highest BCUT2D eigenvalue weighted by atomic mass is 35.5. The van der Waals surface area contributed by atoms with Crippen LogP contribution in [0, 0.1) is 5.92 Å². The molecule has 1 unspecified atom stereocenters. The van der Waals surface area contributed by atoms with Gasteiger partial charge in [-0.3, -0.25) is 4.79 Å². The molecule has 4 heteroatoms. The van der Waals surface area contributed by atoms with Crippen molar-refractivity contribution in [1.29, 1.82) is 0 Å². The molecule has 0 aromatic heterocycles. The fraction of sp³-hybridized carbons (Fsp3) is 0.533. The fourth-order valence-electron chi connectivity index (χ4n) is 1.80. The average molecular weight is 285 g/mol. The molecule has 0 aliphatic carbocycles. The van der Waals surface area contributed by atoms with Gasteiger partial charge in [-0.2, -0.15) is 0 Å². The summed E-state index contributed by atoms with van der Waals surface area (Å²) in [4.78, 5) is 11.8. The van der Waals surface area contributed by atoms with Gasteiger partial charge in [0.25, 0.3) is 0 Å². The predicted molar refractivity (Wildman–Crippen MR) is 84.0 cm³/mol. The minimum atomic E-state index is -0.0187. The van der Waals surface area contributed by atoms with E-state index in [-0.39, 0.29) is 24.2 Å². The minimum Gasteiger partial charge on any atom is -0.326 e. The van der Waals surface area contributed by atoms with E-state index >= 15 is 0 Å². The highest BCUT2D eigenvalue weighted by molar-refractivity contribution is 5.92. The number of unbranched alkanes of at least 4 members (excludes halogenated alkanes) is 1. The van der Waals surface area contributed by atoms with Crippen LogP contribution in [0.15, 0.2) is 24.3 Å². The van der Waals surface area contributed by atoms with Gasteiger partial charge in [-0.25, -0.2) is 0 Å². The van der Waals surface area contributed by atoms with Gasteiger partial charge >= 0.3 is 0 Å². The van der Waals surface area contributed by atoms with Crippen LogP contribution in [0.4, 0.5) is 5.69 Å². The van der Waals surface area contributed by atoms with Crippen molar-refractivity contribution in [3.8, 4) is 0 Å². The van der Waals surface area contributed by atoms with Crippen molar-refractivity contribution in [3.05, 3.63) is 29.8 Å². The standard InChI is InChI=1S/C15H24N2O.ClH/c1-4-5-6-13-7-9-14(10-8-13)17-15(18)12(2)11-16-3;/h7-10,12,16H,4-6,11H2,1-3H3,(H,17,18);1H. The lowest BCUT2D eigenvalue weighted by Gasteiger charge is -2.11. The van der Waals surface area contributed by atoms with Gasteiger partial charge < -0.3 is 10.6 Å². The number of aryl methyl sites for hydroxylation is 1. The Balaban J connectivity index is 0.00000324. The zero-order chi connectivity index (χ0) is 13.4. The summed E-state index contributed by atoms with van der Waals surface area (Å²) in [7, 11) is 1.85. The topological polar surface area (TPSA) is 41.1 Å². The van der Waals surface area contributed by atoms with Crippen LogP contribution in [0.1, 0.15) is 32.3 Å². The highest BCUT2D eigenvalue weighted by Gasteiger charge is 2.11. The van der Waals surface area contributed by atoms with Crippen LogP contribution in [0.3, 0.4) is 0 Å². The van der Waals surface area contributed by atoms with Crippen LogP contribution in [0.5, 0.6) is 0 Å². The second-order valence-electron chi connectivity index (χ2n) is 4.75. The van der Waals surface area contributed by atoms with Gasteiger partial charge in [0.15, 0.2) is 0 Å². The molecule has 19 heavy (non-hydrogen) atoms. The summed E-state index contributed by atoms with van der Waals surface area (Å²) < 4.78 is 0. The lowest BCUT2D eigenvalue weighted by atomic mass is 10.1. The quantitative estimate of drug-likeness (QED) is 0.807. The number of hydrogen-bond acceptors (Lipinski definition) is 2. The molecule has 0 saturated carbocycles. The molecular formula is C15H25ClN2O. The summed E-state index contributed by atoms with van der Waals surface area (Å²) in [6, 6.07) is 8.14. The van der Waals surface area contributed by atoms with E-state index in [0.29, 0.717) is 6.54 Å². The maximum Gasteiger partial charge on any atom is 0.228 e. The Bertz CT molecular complexity index is 365. The van der Waals surface area contributed by atoms with E-state index in [9.17, 15) is 4.79 Å². The number of hydrogen-bond donors (Lipinski definition) is 2. The van der Waals surface area contributed by atoms with E-state index in [4.69, 9.17) is 0 Å². The number of halogens is 1. The summed E-state index contributed by atoms with van der Waals surface area (Å²) in [5.74, 6) is 0.0421. The number of carbonyl (C=O) groups is 1. The monoisotopic (exact) mass is 284 g/mol. The Hall–Kier alpha value is -1.06. The van der Waals surface area contributed by atoms with Gasteiger partial charge in [-0.05, 0) is 37.6 Å². The molecule has 0 saturated heterocycles. The SMILES string of the molecule is CCCCc1ccc(NC(=O)C(C)CNC)cc1.Cl. The van der Waals surface area contributed by atoms with Gasteiger partial charge in [0.05, 0.1) is 0 Å². The van der Waals surface area contributed by atoms with E-state index in [1.807, 2.05) is 26.1 Å². The zero-order valence-electron chi connectivity index (χ0n) is 12.0. The van der Waals surface area contributed by atoms with Crippen molar-refractivity contribution < 1.29 is 4.79 Å². The van der Waals surface area contributed by atoms with Crippen molar-refractivity contribution in [3.63, 3.8) is 0 Å². The van der Waals surface area contributed by atoms with E-state index < -0.39 is 0 Å². The third-order valence-corrected chi connectivity index (χ3v) is 3.00. The molecule has 1 aromatic rings. The molecule has 108 valence electrons. The summed E-state index contributed by atoms with van der Waals surface area (Å²) in [5.41, 5.74) is 2.21. The van der Waals surface area contributed by atoms with Crippen molar-refractivity contribution in [2.75, 3.05) is 18.9 Å². The fourth-order valence-corrected chi connectivity index (χ4v) is 1.80. The lowest BCUT2D eigenvalue weighted by Crippen LogP contribution is -2.28. The van der Waals surface area contributed by atoms with Crippen LogP contribution in [0.2, 0.25) is 0 Å². The molecule has 2 N–H and O–H groups in total. The second kappa shape index (κ2) is 9.82. The molecule has 1 atom stereocenters. The van der Waals surface area contributed by atoms with E-state index in [0.717, 1.165) is 12.1 Å². The maximum absolute atomic E-state index is 11.8. The molecule has 0 bridgehead atoms. The van der Waals surface area contributed by atoms with E-state index in [1.165, 1.54) is 18.4 Å². The van der Waals surface area contributed by atoms with Crippen molar-refractivity contribution in [2.24, 2.45) is 5.92 Å². The molecular weight excluding hydrogens is 260 g/mol. The Morgan fingerprint density at radius 2 is 1.89 bits per heavy atom. The van der Waals surface area contributed by atoms with Crippen molar-refractivity contribution >= 4 is 24.0 Å². The Morgan fingerprint density at radius 1 is 1.26 bits per heavy atom. The smallest absolute Gasteiger partial charge is 0.228 e. The predicted octanol–water partition coefficient (Wildman–Crippen LogP) is 3.25. The molecule has 0 heterocycles. The molecule has 0 radical (unpaired) electrons. The van der Waals surface area contributed by atoms with Crippen LogP contribution in [0.25, 0.3) is 0 Å². The van der Waals surface area contributed by atoms with Crippen LogP contribution >= 0.6 is 12.4 Å². The first-order valence-corrected chi connectivity index (χ1v) is 6.71. The highest BCUT2D eigenvalue weighted by Crippen LogP contribution is 2.12. The van der Waals surface area contributed by atoms with Gasteiger partial charge in [0.2, 0.25) is 5.91 Å². The molecule has 0 aliphatic rings. The van der Waals surface area contributed by atoms with E-state index in [2.05, 4.69) is 29.7 Å². The first-order valence-electron chi connectivity index (χ1n) is 6.71. The number of amides is 1. The first-order chi connectivity index (χ1) is 8.67. The molecule has 0 fully saturated rings. The second-order valence-corrected chi connectivity index (χ2v) is 4.75. The Morgan fingerprint density at radius 3 is 2.42 bits per heavy atom. The normalized spacial score (nSPS) is 11.5. The molecule has 1 aromatic carbocycles. The molecule has 0 spiro atoms. The Kier molecular flexibility index (Phi) is 9.27. The summed E-state index contributed by atoms with van der Waals surface area (Å²) in [6.07, 6.45) is 3.53. The van der Waals surface area contributed by atoms with Crippen LogP contribution < -0.4 is 10.6 Å². The molecule has 3 nitrogen and oxygen atoms in total. The minimum absolute atomic E-state index is 0. The first kappa shape index (κ1) is 17.9. The molecule has 0 aliphatic heterocycles. The van der Waals surface area contributed by atoms with Crippen LogP contribution in [-0.2, 0) is 11.2 Å². The van der Waals surface area contributed by atoms with Gasteiger partial charge in [0.1, 0.15) is 0 Å². The number of carbonyl (C=O) groups excluding carboxylic acids is 1. The zero-order valence-corrected chi connectivity index (χ0v) is 12.8. The van der Waals surface area contributed by atoms with E-state index in [1.54, 1.807) is 0 Å². The third kappa shape index (κ3) is 6.60. The summed E-state index contributed by atoms with van der Waals surface area (Å²) in [6.45, 7) is 4.81. The largest absolute Gasteiger partial charge is 0.326 e. The molecule has 1 amide bonds. The maximum atomic E-state index is 11.8. The summed E-state index contributed by atoms with van der Waals surface area (Å²) >= 11 is 0. The molecule has 1 rings (SSSR count). The van der Waals surface area contributed by atoms with Crippen molar-refractivity contribution in [1.82, 2.24) is 5.32 Å². The lowest BCUT2D eigenvalue weighted by molar-refractivity contribution is -0.119. The number of anilines is 1. The average Bonchev–Trinajstić information content (AvgIpc) is 2.38. The van der Waals surface area contributed by atoms with Gasteiger partial charge in [0, 0.05) is 18.2 Å².